The maximum absolute atomic E-state index is 14.1. The van der Waals surface area contributed by atoms with E-state index >= 15 is 0 Å². The van der Waals surface area contributed by atoms with Gasteiger partial charge in [0.25, 0.3) is 0 Å². The van der Waals surface area contributed by atoms with E-state index in [1.165, 1.54) is 18.2 Å². The predicted molar refractivity (Wildman–Crippen MR) is 86.9 cm³/mol. The van der Waals surface area contributed by atoms with Gasteiger partial charge >= 0.3 is 0 Å². The van der Waals surface area contributed by atoms with Crippen LogP contribution >= 0.6 is 0 Å². The van der Waals surface area contributed by atoms with Crippen LogP contribution in [-0.2, 0) is 6.54 Å². The maximum Gasteiger partial charge on any atom is 0.146 e. The van der Waals surface area contributed by atoms with E-state index in [9.17, 15) is 13.9 Å². The molecular formula is C18H22F2N2O. The van der Waals surface area contributed by atoms with E-state index in [0.29, 0.717) is 11.3 Å². The van der Waals surface area contributed by atoms with Crippen LogP contribution < -0.4 is 5.32 Å². The third-order valence-electron chi connectivity index (χ3n) is 3.85. The molecule has 2 N–H and O–H groups in total. The molecule has 5 heteroatoms. The number of hydrogen-bond donors (Lipinski definition) is 2. The summed E-state index contributed by atoms with van der Waals surface area (Å²) in [5, 5.41) is 12.4. The summed E-state index contributed by atoms with van der Waals surface area (Å²) in [5.74, 6) is -0.617. The lowest BCUT2D eigenvalue weighted by Gasteiger charge is -2.20. The summed E-state index contributed by atoms with van der Waals surface area (Å²) in [6.45, 7) is 5.88. The number of nitrogens with zero attached hydrogens (tertiary/aromatic N) is 1. The van der Waals surface area contributed by atoms with Crippen LogP contribution in [0.5, 0.6) is 0 Å². The lowest BCUT2D eigenvalue weighted by Crippen LogP contribution is -2.36. The molecule has 2 rings (SSSR count). The Morgan fingerprint density at radius 3 is 2.48 bits per heavy atom. The van der Waals surface area contributed by atoms with Gasteiger partial charge in [-0.15, -0.1) is 0 Å². The SMILES string of the molecule is Cc1ccc(-c2ccc(F)c(CN[C@@H](CO)C(C)C)n2)c(F)c1. The van der Waals surface area contributed by atoms with Crippen LogP contribution in [0.2, 0.25) is 0 Å². The van der Waals surface area contributed by atoms with E-state index in [2.05, 4.69) is 10.3 Å². The number of halogens is 2. The minimum atomic E-state index is -0.450. The van der Waals surface area contributed by atoms with Gasteiger partial charge in [0.15, 0.2) is 0 Å². The Balaban J connectivity index is 2.25. The van der Waals surface area contributed by atoms with E-state index in [1.54, 1.807) is 19.1 Å². The molecule has 0 saturated carbocycles. The molecule has 0 bridgehead atoms. The highest BCUT2D eigenvalue weighted by atomic mass is 19.1. The van der Waals surface area contributed by atoms with Crippen LogP contribution in [0.3, 0.4) is 0 Å². The highest BCUT2D eigenvalue weighted by Gasteiger charge is 2.14. The van der Waals surface area contributed by atoms with Crippen LogP contribution in [0.25, 0.3) is 11.3 Å². The van der Waals surface area contributed by atoms with Gasteiger partial charge in [-0.3, -0.25) is 0 Å². The molecule has 0 aliphatic carbocycles. The number of aryl methyl sites for hydroxylation is 1. The summed E-state index contributed by atoms with van der Waals surface area (Å²) >= 11 is 0. The van der Waals surface area contributed by atoms with Crippen molar-refractivity contribution in [3.05, 3.63) is 53.2 Å². The van der Waals surface area contributed by atoms with Crippen LogP contribution in [-0.4, -0.2) is 22.7 Å². The van der Waals surface area contributed by atoms with Gasteiger partial charge in [0, 0.05) is 18.2 Å². The predicted octanol–water partition coefficient (Wildman–Crippen LogP) is 3.44. The number of aromatic nitrogens is 1. The fourth-order valence-electron chi connectivity index (χ4n) is 2.33. The number of pyridine rings is 1. The normalized spacial score (nSPS) is 12.7. The van der Waals surface area contributed by atoms with Crippen molar-refractivity contribution in [2.75, 3.05) is 6.61 Å². The highest BCUT2D eigenvalue weighted by Crippen LogP contribution is 2.23. The largest absolute Gasteiger partial charge is 0.395 e. The lowest BCUT2D eigenvalue weighted by atomic mass is 10.1. The summed E-state index contributed by atoms with van der Waals surface area (Å²) in [7, 11) is 0. The number of rotatable bonds is 6. The molecule has 1 atom stereocenters. The zero-order chi connectivity index (χ0) is 17.0. The van der Waals surface area contributed by atoms with Crippen molar-refractivity contribution in [1.29, 1.82) is 0 Å². The van der Waals surface area contributed by atoms with Crippen LogP contribution in [0.4, 0.5) is 8.78 Å². The van der Waals surface area contributed by atoms with Crippen molar-refractivity contribution in [3.8, 4) is 11.3 Å². The molecule has 0 spiro atoms. The second kappa shape index (κ2) is 7.62. The standard InChI is InChI=1S/C18H22F2N2O/c1-11(2)18(10-23)21-9-17-14(19)6-7-16(22-17)13-5-4-12(3)8-15(13)20/h4-8,11,18,21,23H,9-10H2,1-3H3/t18-/m0/s1. The van der Waals surface area contributed by atoms with Crippen LogP contribution in [0.1, 0.15) is 25.1 Å². The fourth-order valence-corrected chi connectivity index (χ4v) is 2.33. The molecule has 0 amide bonds. The minimum Gasteiger partial charge on any atom is -0.395 e. The minimum absolute atomic E-state index is 0.0361. The Morgan fingerprint density at radius 1 is 1.13 bits per heavy atom. The van der Waals surface area contributed by atoms with Gasteiger partial charge in [-0.2, -0.15) is 0 Å². The summed E-state index contributed by atoms with van der Waals surface area (Å²) < 4.78 is 28.0. The molecule has 124 valence electrons. The van der Waals surface area contributed by atoms with E-state index in [0.717, 1.165) is 5.56 Å². The van der Waals surface area contributed by atoms with Gasteiger partial charge in [-0.05, 0) is 42.7 Å². The second-order valence-corrected chi connectivity index (χ2v) is 6.02. The third kappa shape index (κ3) is 4.33. The molecule has 1 aromatic carbocycles. The monoisotopic (exact) mass is 320 g/mol. The van der Waals surface area contributed by atoms with Crippen LogP contribution in [0.15, 0.2) is 30.3 Å². The Hall–Kier alpha value is -1.85. The zero-order valence-corrected chi connectivity index (χ0v) is 13.6. The number of hydrogen-bond acceptors (Lipinski definition) is 3. The quantitative estimate of drug-likeness (QED) is 0.857. The number of aliphatic hydroxyl groups excluding tert-OH is 1. The summed E-state index contributed by atoms with van der Waals surface area (Å²) in [6, 6.07) is 7.49. The lowest BCUT2D eigenvalue weighted by molar-refractivity contribution is 0.209. The Bertz CT molecular complexity index is 674. The van der Waals surface area contributed by atoms with Crippen molar-refractivity contribution in [2.45, 2.75) is 33.4 Å². The molecule has 0 aliphatic rings. The molecule has 0 saturated heterocycles. The molecule has 2 aromatic rings. The van der Waals surface area contributed by atoms with Gasteiger partial charge in [0.2, 0.25) is 0 Å². The summed E-state index contributed by atoms with van der Waals surface area (Å²) in [5.41, 5.74) is 1.77. The molecule has 0 fully saturated rings. The first kappa shape index (κ1) is 17.5. The Kier molecular flexibility index (Phi) is 5.80. The van der Waals surface area contributed by atoms with E-state index in [4.69, 9.17) is 0 Å². The van der Waals surface area contributed by atoms with E-state index < -0.39 is 5.82 Å². The van der Waals surface area contributed by atoms with Gasteiger partial charge in [-0.1, -0.05) is 19.9 Å². The molecule has 23 heavy (non-hydrogen) atoms. The van der Waals surface area contributed by atoms with Crippen LogP contribution in [0, 0.1) is 24.5 Å². The third-order valence-corrected chi connectivity index (χ3v) is 3.85. The first-order chi connectivity index (χ1) is 10.9. The zero-order valence-electron chi connectivity index (χ0n) is 13.6. The van der Waals surface area contributed by atoms with Gasteiger partial charge in [-0.25, -0.2) is 13.8 Å². The molecule has 0 radical (unpaired) electrons. The van der Waals surface area contributed by atoms with Gasteiger partial charge in [0.1, 0.15) is 11.6 Å². The number of nitrogens with one attached hydrogen (secondary N) is 1. The first-order valence-corrected chi connectivity index (χ1v) is 7.68. The Morgan fingerprint density at radius 2 is 1.87 bits per heavy atom. The van der Waals surface area contributed by atoms with E-state index in [1.807, 2.05) is 13.8 Å². The van der Waals surface area contributed by atoms with Crippen molar-refractivity contribution in [2.24, 2.45) is 5.92 Å². The fraction of sp³-hybridized carbons (Fsp3) is 0.389. The molecule has 1 aromatic heterocycles. The molecule has 0 aliphatic heterocycles. The topological polar surface area (TPSA) is 45.1 Å². The van der Waals surface area contributed by atoms with Crippen molar-refractivity contribution in [1.82, 2.24) is 10.3 Å². The average Bonchev–Trinajstić information content (AvgIpc) is 2.49. The second-order valence-electron chi connectivity index (χ2n) is 6.02. The molecule has 3 nitrogen and oxygen atoms in total. The summed E-state index contributed by atoms with van der Waals surface area (Å²) in [4.78, 5) is 4.24. The average molecular weight is 320 g/mol. The number of aliphatic hydroxyl groups is 1. The van der Waals surface area contributed by atoms with E-state index in [-0.39, 0.29) is 36.6 Å². The summed E-state index contributed by atoms with van der Waals surface area (Å²) in [6.07, 6.45) is 0. The maximum atomic E-state index is 14.1. The van der Waals surface area contributed by atoms with Crippen molar-refractivity contribution >= 4 is 0 Å². The Labute approximate surface area is 135 Å². The molecule has 1 heterocycles. The first-order valence-electron chi connectivity index (χ1n) is 7.68. The number of benzene rings is 1. The van der Waals surface area contributed by atoms with Crippen molar-refractivity contribution in [3.63, 3.8) is 0 Å². The van der Waals surface area contributed by atoms with Crippen molar-refractivity contribution < 1.29 is 13.9 Å². The van der Waals surface area contributed by atoms with Gasteiger partial charge < -0.3 is 10.4 Å². The van der Waals surface area contributed by atoms with Gasteiger partial charge in [0.05, 0.1) is 18.0 Å². The highest BCUT2D eigenvalue weighted by molar-refractivity contribution is 5.60. The molecular weight excluding hydrogens is 298 g/mol. The smallest absolute Gasteiger partial charge is 0.146 e. The molecule has 0 unspecified atom stereocenters.